The lowest BCUT2D eigenvalue weighted by Gasteiger charge is -2.06. The zero-order valence-corrected chi connectivity index (χ0v) is 19.9. The molecule has 0 saturated heterocycles. The monoisotopic (exact) mass is 491 g/mol. The highest BCUT2D eigenvalue weighted by Crippen LogP contribution is 2.35. The van der Waals surface area contributed by atoms with E-state index in [0.29, 0.717) is 34.6 Å². The molecule has 0 unspecified atom stereocenters. The molecule has 5 aromatic heterocycles. The third kappa shape index (κ3) is 4.20. The lowest BCUT2D eigenvalue weighted by Crippen LogP contribution is -2.10. The summed E-state index contributed by atoms with van der Waals surface area (Å²) in [7, 11) is 0. The van der Waals surface area contributed by atoms with Crippen molar-refractivity contribution in [3.05, 3.63) is 79.3 Å². The number of halogens is 1. The first-order valence-corrected chi connectivity index (χ1v) is 11.9. The van der Waals surface area contributed by atoms with Gasteiger partial charge in [0, 0.05) is 46.3 Å². The van der Waals surface area contributed by atoms with E-state index in [4.69, 9.17) is 0 Å². The maximum Gasteiger partial charge on any atom is 0.224 e. The van der Waals surface area contributed by atoms with Crippen LogP contribution < -0.4 is 5.32 Å². The molecule has 0 radical (unpaired) electrons. The Kier molecular flexibility index (Phi) is 5.65. The summed E-state index contributed by atoms with van der Waals surface area (Å²) in [6.07, 6.45) is 9.65. The van der Waals surface area contributed by atoms with Gasteiger partial charge >= 0.3 is 0 Å². The minimum Gasteiger partial charge on any atom is -0.352 e. The summed E-state index contributed by atoms with van der Waals surface area (Å²) >= 11 is 0. The van der Waals surface area contributed by atoms with Crippen molar-refractivity contribution in [1.29, 1.82) is 0 Å². The van der Waals surface area contributed by atoms with E-state index in [1.807, 2.05) is 25.1 Å². The van der Waals surface area contributed by atoms with Gasteiger partial charge in [0.25, 0.3) is 0 Å². The highest BCUT2D eigenvalue weighted by molar-refractivity contribution is 6.01. The van der Waals surface area contributed by atoms with Crippen LogP contribution in [0.1, 0.15) is 19.8 Å². The molecule has 1 aromatic carbocycles. The Balaban J connectivity index is 1.41. The fourth-order valence-corrected chi connectivity index (χ4v) is 4.45. The quantitative estimate of drug-likeness (QED) is 0.260. The van der Waals surface area contributed by atoms with Gasteiger partial charge < -0.3 is 10.3 Å². The number of carbonyl (C=O) groups excluding carboxylic acids is 1. The molecular formula is C28H22FN7O. The lowest BCUT2D eigenvalue weighted by molar-refractivity contribution is -0.116. The second-order valence-electron chi connectivity index (χ2n) is 8.76. The number of hydrogen-bond donors (Lipinski definition) is 3. The van der Waals surface area contributed by atoms with Gasteiger partial charge in [0.15, 0.2) is 0 Å². The molecule has 182 valence electrons. The molecule has 0 saturated carbocycles. The number of carbonyl (C=O) groups is 1. The van der Waals surface area contributed by atoms with Gasteiger partial charge in [0.1, 0.15) is 11.5 Å². The number of rotatable bonds is 6. The molecule has 0 bridgehead atoms. The second kappa shape index (κ2) is 9.27. The standard InChI is InChI=1S/C28H22FN7O/c1-2-5-27(37)33-17-8-16(11-30-12-17)23-10-20-26(15-32-23)35-36-28(20)24-9-19-21(13-31-14-25(19)34-24)18-6-3-4-7-22(18)29/h3-4,6-15,34H,2,5H2,1H3,(H,33,37)(H,35,36). The van der Waals surface area contributed by atoms with Crippen molar-refractivity contribution in [3.8, 4) is 33.8 Å². The lowest BCUT2D eigenvalue weighted by atomic mass is 10.0. The fourth-order valence-electron chi connectivity index (χ4n) is 4.45. The van der Waals surface area contributed by atoms with Gasteiger partial charge in [-0.15, -0.1) is 0 Å². The number of hydrogen-bond acceptors (Lipinski definition) is 5. The predicted octanol–water partition coefficient (Wildman–Crippen LogP) is 6.11. The smallest absolute Gasteiger partial charge is 0.224 e. The maximum atomic E-state index is 14.5. The fraction of sp³-hybridized carbons (Fsp3) is 0.107. The van der Waals surface area contributed by atoms with E-state index in [-0.39, 0.29) is 11.7 Å². The molecule has 0 spiro atoms. The SMILES string of the molecule is CCCC(=O)Nc1cncc(-c2cc3c(-c4cc5c(-c6ccccc6F)cncc5[nH]4)n[nH]c3cn2)c1. The van der Waals surface area contributed by atoms with Crippen LogP contribution in [0.4, 0.5) is 10.1 Å². The second-order valence-corrected chi connectivity index (χ2v) is 8.76. The Hall–Kier alpha value is -4.92. The molecule has 9 heteroatoms. The predicted molar refractivity (Wildman–Crippen MR) is 141 cm³/mol. The molecular weight excluding hydrogens is 469 g/mol. The Morgan fingerprint density at radius 1 is 0.946 bits per heavy atom. The average molecular weight is 492 g/mol. The van der Waals surface area contributed by atoms with Gasteiger partial charge in [0.05, 0.1) is 46.7 Å². The van der Waals surface area contributed by atoms with E-state index in [1.54, 1.807) is 49.2 Å². The van der Waals surface area contributed by atoms with Crippen LogP contribution >= 0.6 is 0 Å². The molecule has 6 rings (SSSR count). The summed E-state index contributed by atoms with van der Waals surface area (Å²) in [5.74, 6) is -0.354. The number of pyridine rings is 3. The van der Waals surface area contributed by atoms with Crippen LogP contribution in [0.25, 0.3) is 55.6 Å². The number of H-pyrrole nitrogens is 2. The Morgan fingerprint density at radius 2 is 1.81 bits per heavy atom. The van der Waals surface area contributed by atoms with Crippen molar-refractivity contribution in [2.24, 2.45) is 0 Å². The van der Waals surface area contributed by atoms with E-state index in [2.05, 4.69) is 35.5 Å². The van der Waals surface area contributed by atoms with Crippen molar-refractivity contribution < 1.29 is 9.18 Å². The number of benzene rings is 1. The Morgan fingerprint density at radius 3 is 2.68 bits per heavy atom. The first-order chi connectivity index (χ1) is 18.1. The van der Waals surface area contributed by atoms with E-state index < -0.39 is 0 Å². The number of amides is 1. The zero-order chi connectivity index (χ0) is 25.4. The van der Waals surface area contributed by atoms with Gasteiger partial charge in [-0.1, -0.05) is 25.1 Å². The van der Waals surface area contributed by atoms with Crippen molar-refractivity contribution in [2.45, 2.75) is 19.8 Å². The van der Waals surface area contributed by atoms with Gasteiger partial charge in [-0.3, -0.25) is 24.8 Å². The highest BCUT2D eigenvalue weighted by atomic mass is 19.1. The van der Waals surface area contributed by atoms with Crippen molar-refractivity contribution >= 4 is 33.4 Å². The van der Waals surface area contributed by atoms with Crippen LogP contribution in [0, 0.1) is 5.82 Å². The summed E-state index contributed by atoms with van der Waals surface area (Å²) in [4.78, 5) is 28.5. The highest BCUT2D eigenvalue weighted by Gasteiger charge is 2.16. The van der Waals surface area contributed by atoms with Gasteiger partial charge in [-0.2, -0.15) is 5.10 Å². The van der Waals surface area contributed by atoms with Crippen molar-refractivity contribution in [1.82, 2.24) is 30.1 Å². The molecule has 0 atom stereocenters. The van der Waals surface area contributed by atoms with Crippen molar-refractivity contribution in [3.63, 3.8) is 0 Å². The largest absolute Gasteiger partial charge is 0.352 e. The first kappa shape index (κ1) is 22.5. The van der Waals surface area contributed by atoms with E-state index in [0.717, 1.165) is 39.5 Å². The van der Waals surface area contributed by atoms with E-state index >= 15 is 0 Å². The summed E-state index contributed by atoms with van der Waals surface area (Å²) in [6, 6.07) is 12.4. The Bertz CT molecular complexity index is 1770. The minimum atomic E-state index is -0.304. The van der Waals surface area contributed by atoms with Crippen LogP contribution in [-0.2, 0) is 4.79 Å². The van der Waals surface area contributed by atoms with Crippen LogP contribution in [0.5, 0.6) is 0 Å². The van der Waals surface area contributed by atoms with Gasteiger partial charge in [-0.05, 0) is 30.7 Å². The Labute approximate surface area is 211 Å². The molecule has 0 aliphatic heterocycles. The molecule has 8 nitrogen and oxygen atoms in total. The summed E-state index contributed by atoms with van der Waals surface area (Å²) in [6.45, 7) is 1.96. The average Bonchev–Trinajstić information content (AvgIpc) is 3.53. The van der Waals surface area contributed by atoms with Gasteiger partial charge in [0.2, 0.25) is 5.91 Å². The summed E-state index contributed by atoms with van der Waals surface area (Å²) < 4.78 is 14.5. The number of aromatic nitrogens is 6. The number of aromatic amines is 2. The zero-order valence-electron chi connectivity index (χ0n) is 19.9. The van der Waals surface area contributed by atoms with Crippen LogP contribution in [0.2, 0.25) is 0 Å². The molecule has 37 heavy (non-hydrogen) atoms. The molecule has 0 fully saturated rings. The molecule has 1 amide bonds. The third-order valence-electron chi connectivity index (χ3n) is 6.21. The number of fused-ring (bicyclic) bond motifs is 2. The number of nitrogens with zero attached hydrogens (tertiary/aromatic N) is 4. The number of nitrogens with one attached hydrogen (secondary N) is 3. The summed E-state index contributed by atoms with van der Waals surface area (Å²) in [5, 5.41) is 12.1. The van der Waals surface area contributed by atoms with E-state index in [1.165, 1.54) is 6.07 Å². The first-order valence-electron chi connectivity index (χ1n) is 11.9. The molecule has 6 aromatic rings. The minimum absolute atomic E-state index is 0.0509. The normalized spacial score (nSPS) is 11.3. The van der Waals surface area contributed by atoms with Gasteiger partial charge in [-0.25, -0.2) is 4.39 Å². The number of anilines is 1. The maximum absolute atomic E-state index is 14.5. The van der Waals surface area contributed by atoms with Crippen LogP contribution in [0.3, 0.4) is 0 Å². The molecule has 5 heterocycles. The topological polar surface area (TPSA) is 112 Å². The molecule has 3 N–H and O–H groups in total. The van der Waals surface area contributed by atoms with Crippen molar-refractivity contribution in [2.75, 3.05) is 5.32 Å². The van der Waals surface area contributed by atoms with E-state index in [9.17, 15) is 9.18 Å². The van der Waals surface area contributed by atoms with Crippen LogP contribution in [-0.4, -0.2) is 36.0 Å². The molecule has 0 aliphatic carbocycles. The molecule has 0 aliphatic rings. The summed E-state index contributed by atoms with van der Waals surface area (Å²) in [5.41, 5.74) is 6.29. The van der Waals surface area contributed by atoms with Crippen LogP contribution in [0.15, 0.2) is 73.4 Å². The third-order valence-corrected chi connectivity index (χ3v) is 6.21.